The second-order valence-corrected chi connectivity index (χ2v) is 5.63. The van der Waals surface area contributed by atoms with E-state index in [0.717, 1.165) is 38.0 Å². The van der Waals surface area contributed by atoms with Crippen LogP contribution < -0.4 is 10.2 Å². The van der Waals surface area contributed by atoms with Crippen molar-refractivity contribution in [2.24, 2.45) is 0 Å². The molecular formula is C16H23ClN2O. The third-order valence-corrected chi connectivity index (χ3v) is 4.24. The number of nitrogens with one attached hydrogen (secondary N) is 1. The first-order valence-corrected chi connectivity index (χ1v) is 7.46. The molecule has 1 fully saturated rings. The summed E-state index contributed by atoms with van der Waals surface area (Å²) in [6.45, 7) is 1.94. The minimum absolute atomic E-state index is 0. The van der Waals surface area contributed by atoms with E-state index in [0.29, 0.717) is 12.5 Å². The molecule has 2 heterocycles. The summed E-state index contributed by atoms with van der Waals surface area (Å²) in [7, 11) is 0. The lowest BCUT2D eigenvalue weighted by atomic mass is 10.1. The largest absolute Gasteiger partial charge is 0.313 e. The highest BCUT2D eigenvalue weighted by molar-refractivity contribution is 5.94. The molecule has 0 bridgehead atoms. The topological polar surface area (TPSA) is 32.3 Å². The molecule has 1 aromatic rings. The average Bonchev–Trinajstić information content (AvgIpc) is 2.83. The van der Waals surface area contributed by atoms with Gasteiger partial charge in [0.2, 0.25) is 5.91 Å². The Kier molecular flexibility index (Phi) is 5.44. The molecule has 1 saturated heterocycles. The number of amides is 1. The van der Waals surface area contributed by atoms with E-state index in [-0.39, 0.29) is 18.3 Å². The second-order valence-electron chi connectivity index (χ2n) is 5.63. The molecule has 2 aliphatic heterocycles. The van der Waals surface area contributed by atoms with Gasteiger partial charge in [0.1, 0.15) is 0 Å². The van der Waals surface area contributed by atoms with Gasteiger partial charge >= 0.3 is 0 Å². The van der Waals surface area contributed by atoms with Crippen molar-refractivity contribution in [1.29, 1.82) is 0 Å². The Balaban J connectivity index is 0.00000147. The van der Waals surface area contributed by atoms with Crippen LogP contribution in [0.1, 0.15) is 37.7 Å². The molecule has 1 amide bonds. The number of halogens is 1. The van der Waals surface area contributed by atoms with Crippen molar-refractivity contribution in [3.8, 4) is 0 Å². The summed E-state index contributed by atoms with van der Waals surface area (Å²) in [5.41, 5.74) is 2.47. The van der Waals surface area contributed by atoms with Crippen LogP contribution in [0.25, 0.3) is 0 Å². The van der Waals surface area contributed by atoms with Gasteiger partial charge in [0, 0.05) is 24.7 Å². The summed E-state index contributed by atoms with van der Waals surface area (Å²) in [6.07, 6.45) is 6.38. The number of hydrogen-bond donors (Lipinski definition) is 1. The molecular weight excluding hydrogens is 272 g/mol. The minimum atomic E-state index is 0. The fourth-order valence-electron chi connectivity index (χ4n) is 3.20. The number of rotatable bonds is 2. The number of carbonyl (C=O) groups is 1. The number of carbonyl (C=O) groups excluding carboxylic acids is 1. The lowest BCUT2D eigenvalue weighted by Gasteiger charge is -2.24. The fraction of sp³-hybridized carbons (Fsp3) is 0.562. The Morgan fingerprint density at radius 1 is 1.25 bits per heavy atom. The van der Waals surface area contributed by atoms with Crippen molar-refractivity contribution in [2.75, 3.05) is 18.0 Å². The van der Waals surface area contributed by atoms with Crippen molar-refractivity contribution in [3.05, 3.63) is 29.8 Å². The number of nitrogens with zero attached hydrogens (tertiary/aromatic N) is 1. The summed E-state index contributed by atoms with van der Waals surface area (Å²) < 4.78 is 0. The van der Waals surface area contributed by atoms with E-state index < -0.39 is 0 Å². The lowest BCUT2D eigenvalue weighted by Crippen LogP contribution is -2.36. The van der Waals surface area contributed by atoms with Gasteiger partial charge < -0.3 is 10.2 Å². The van der Waals surface area contributed by atoms with E-state index in [4.69, 9.17) is 0 Å². The quantitative estimate of drug-likeness (QED) is 0.909. The Bertz CT molecular complexity index is 458. The molecule has 1 unspecified atom stereocenters. The van der Waals surface area contributed by atoms with E-state index >= 15 is 0 Å². The van der Waals surface area contributed by atoms with Crippen LogP contribution in [0.5, 0.6) is 0 Å². The summed E-state index contributed by atoms with van der Waals surface area (Å²) in [4.78, 5) is 14.6. The molecule has 1 aromatic carbocycles. The van der Waals surface area contributed by atoms with Crippen LogP contribution in [0.4, 0.5) is 5.69 Å². The van der Waals surface area contributed by atoms with Crippen molar-refractivity contribution in [2.45, 2.75) is 44.6 Å². The standard InChI is InChI=1S/C16H22N2O.ClH/c19-16(12-14-8-5-10-17-14)18-11-4-3-7-13-6-1-2-9-15(13)18;/h1-2,6,9,14,17H,3-5,7-8,10-12H2;1H. The molecule has 3 rings (SSSR count). The van der Waals surface area contributed by atoms with Gasteiger partial charge in [0.25, 0.3) is 0 Å². The second kappa shape index (κ2) is 7.09. The number of aryl methyl sites for hydroxylation is 1. The summed E-state index contributed by atoms with van der Waals surface area (Å²) >= 11 is 0. The van der Waals surface area contributed by atoms with Crippen molar-refractivity contribution >= 4 is 24.0 Å². The Morgan fingerprint density at radius 2 is 2.10 bits per heavy atom. The SMILES string of the molecule is Cl.O=C(CC1CCCN1)N1CCCCc2ccccc21. The third kappa shape index (κ3) is 3.33. The van der Waals surface area contributed by atoms with Gasteiger partial charge in [-0.2, -0.15) is 0 Å². The Labute approximate surface area is 127 Å². The maximum Gasteiger partial charge on any atom is 0.228 e. The number of fused-ring (bicyclic) bond motifs is 1. The van der Waals surface area contributed by atoms with Crippen LogP contribution in [0.15, 0.2) is 24.3 Å². The van der Waals surface area contributed by atoms with Crippen molar-refractivity contribution in [1.82, 2.24) is 5.32 Å². The molecule has 0 saturated carbocycles. The number of benzene rings is 1. The zero-order valence-electron chi connectivity index (χ0n) is 11.8. The predicted molar refractivity (Wildman–Crippen MR) is 84.6 cm³/mol. The number of anilines is 1. The molecule has 0 radical (unpaired) electrons. The highest BCUT2D eigenvalue weighted by atomic mass is 35.5. The highest BCUT2D eigenvalue weighted by Gasteiger charge is 2.24. The van der Waals surface area contributed by atoms with Crippen LogP contribution in [-0.2, 0) is 11.2 Å². The zero-order valence-corrected chi connectivity index (χ0v) is 12.6. The van der Waals surface area contributed by atoms with E-state index in [9.17, 15) is 4.79 Å². The van der Waals surface area contributed by atoms with Crippen LogP contribution in [0.2, 0.25) is 0 Å². The average molecular weight is 295 g/mol. The van der Waals surface area contributed by atoms with Gasteiger partial charge in [-0.15, -0.1) is 12.4 Å². The zero-order chi connectivity index (χ0) is 13.1. The highest BCUT2D eigenvalue weighted by Crippen LogP contribution is 2.27. The number of para-hydroxylation sites is 1. The van der Waals surface area contributed by atoms with E-state index in [1.807, 2.05) is 11.0 Å². The van der Waals surface area contributed by atoms with Crippen molar-refractivity contribution in [3.63, 3.8) is 0 Å². The van der Waals surface area contributed by atoms with Crippen LogP contribution in [0, 0.1) is 0 Å². The molecule has 110 valence electrons. The number of hydrogen-bond acceptors (Lipinski definition) is 2. The molecule has 0 aromatic heterocycles. The van der Waals surface area contributed by atoms with Crippen LogP contribution in [-0.4, -0.2) is 25.0 Å². The Morgan fingerprint density at radius 3 is 2.90 bits per heavy atom. The summed E-state index contributed by atoms with van der Waals surface area (Å²) in [6, 6.07) is 8.77. The summed E-state index contributed by atoms with van der Waals surface area (Å²) in [5.74, 6) is 0.286. The molecule has 2 aliphatic rings. The molecule has 0 spiro atoms. The first-order valence-electron chi connectivity index (χ1n) is 7.46. The molecule has 4 heteroatoms. The molecule has 0 aliphatic carbocycles. The smallest absolute Gasteiger partial charge is 0.228 e. The van der Waals surface area contributed by atoms with E-state index in [1.54, 1.807) is 0 Å². The van der Waals surface area contributed by atoms with Crippen molar-refractivity contribution < 1.29 is 4.79 Å². The van der Waals surface area contributed by atoms with E-state index in [2.05, 4.69) is 23.5 Å². The molecule has 3 nitrogen and oxygen atoms in total. The lowest BCUT2D eigenvalue weighted by molar-refractivity contribution is -0.119. The van der Waals surface area contributed by atoms with Gasteiger partial charge in [-0.05, 0) is 50.3 Å². The molecule has 20 heavy (non-hydrogen) atoms. The first-order chi connectivity index (χ1) is 9.34. The monoisotopic (exact) mass is 294 g/mol. The van der Waals surface area contributed by atoms with Crippen LogP contribution >= 0.6 is 12.4 Å². The van der Waals surface area contributed by atoms with Gasteiger partial charge in [-0.1, -0.05) is 18.2 Å². The minimum Gasteiger partial charge on any atom is -0.313 e. The van der Waals surface area contributed by atoms with E-state index in [1.165, 1.54) is 18.4 Å². The normalized spacial score (nSPS) is 21.8. The fourth-order valence-corrected chi connectivity index (χ4v) is 3.20. The maximum atomic E-state index is 12.6. The molecule has 1 N–H and O–H groups in total. The van der Waals surface area contributed by atoms with Gasteiger partial charge in [0.05, 0.1) is 0 Å². The third-order valence-electron chi connectivity index (χ3n) is 4.24. The maximum absolute atomic E-state index is 12.6. The van der Waals surface area contributed by atoms with Gasteiger partial charge in [-0.25, -0.2) is 0 Å². The van der Waals surface area contributed by atoms with Gasteiger partial charge in [-0.3, -0.25) is 4.79 Å². The predicted octanol–water partition coefficient (Wildman–Crippen LogP) is 2.92. The summed E-state index contributed by atoms with van der Waals surface area (Å²) in [5, 5.41) is 3.42. The molecule has 1 atom stereocenters. The Hall–Kier alpha value is -1.06. The van der Waals surface area contributed by atoms with Gasteiger partial charge in [0.15, 0.2) is 0 Å². The first kappa shape index (κ1) is 15.3. The van der Waals surface area contributed by atoms with Crippen LogP contribution in [0.3, 0.4) is 0 Å².